The molecular formula is C19H26N4O3S. The molecule has 0 fully saturated rings. The van der Waals surface area contributed by atoms with E-state index in [-0.39, 0.29) is 31.2 Å². The van der Waals surface area contributed by atoms with Crippen molar-refractivity contribution in [3.05, 3.63) is 40.4 Å². The second-order valence-electron chi connectivity index (χ2n) is 6.54. The van der Waals surface area contributed by atoms with Crippen LogP contribution in [-0.2, 0) is 16.0 Å². The molecule has 3 N–H and O–H groups in total. The van der Waals surface area contributed by atoms with Crippen LogP contribution in [0.15, 0.2) is 24.3 Å². The van der Waals surface area contributed by atoms with Crippen molar-refractivity contribution < 1.29 is 14.7 Å². The third-order valence-corrected chi connectivity index (χ3v) is 5.06. The van der Waals surface area contributed by atoms with E-state index in [0.717, 1.165) is 17.0 Å². The van der Waals surface area contributed by atoms with E-state index in [9.17, 15) is 14.7 Å². The van der Waals surface area contributed by atoms with Crippen LogP contribution in [0.25, 0.3) is 0 Å². The zero-order valence-corrected chi connectivity index (χ0v) is 16.7. The Balaban J connectivity index is 1.71. The van der Waals surface area contributed by atoms with Gasteiger partial charge in [0.15, 0.2) is 0 Å². The molecule has 0 saturated heterocycles. The van der Waals surface area contributed by atoms with E-state index in [4.69, 9.17) is 0 Å². The average Bonchev–Trinajstić information content (AvgIpc) is 3.12. The molecule has 0 saturated carbocycles. The maximum atomic E-state index is 11.9. The lowest BCUT2D eigenvalue weighted by Gasteiger charge is -2.13. The Kier molecular flexibility index (Phi) is 7.87. The Morgan fingerprint density at radius 2 is 1.70 bits per heavy atom. The molecule has 0 radical (unpaired) electrons. The molecule has 1 aromatic heterocycles. The Hall–Kier alpha value is -2.32. The Labute approximate surface area is 163 Å². The predicted octanol–water partition coefficient (Wildman–Crippen LogP) is 2.79. The molecule has 2 aromatic rings. The molecule has 0 aliphatic rings. The van der Waals surface area contributed by atoms with Crippen LogP contribution in [0.4, 0.5) is 5.13 Å². The minimum Gasteiger partial charge on any atom is -0.387 e. The predicted molar refractivity (Wildman–Crippen MR) is 106 cm³/mol. The lowest BCUT2D eigenvalue weighted by Crippen LogP contribution is -2.29. The number of nitrogens with one attached hydrogen (secondary N) is 2. The van der Waals surface area contributed by atoms with Gasteiger partial charge in [0.25, 0.3) is 0 Å². The van der Waals surface area contributed by atoms with E-state index < -0.39 is 6.10 Å². The molecule has 1 aromatic carbocycles. The molecule has 0 spiro atoms. The Morgan fingerprint density at radius 1 is 1.07 bits per heavy atom. The van der Waals surface area contributed by atoms with Gasteiger partial charge in [-0.2, -0.15) is 0 Å². The molecule has 0 aliphatic carbocycles. The SMILES string of the molecule is CCc1nnc(NC(=O)CCC(=O)NCC(O)c2ccc(C(C)C)cc2)s1. The highest BCUT2D eigenvalue weighted by molar-refractivity contribution is 7.15. The summed E-state index contributed by atoms with van der Waals surface area (Å²) in [6, 6.07) is 7.69. The quantitative estimate of drug-likeness (QED) is 0.611. The summed E-state index contributed by atoms with van der Waals surface area (Å²) < 4.78 is 0. The van der Waals surface area contributed by atoms with Gasteiger partial charge in [0, 0.05) is 19.4 Å². The summed E-state index contributed by atoms with van der Waals surface area (Å²) in [7, 11) is 0. The number of hydrogen-bond acceptors (Lipinski definition) is 6. The number of benzene rings is 1. The van der Waals surface area contributed by atoms with Crippen LogP contribution in [0.3, 0.4) is 0 Å². The molecule has 1 heterocycles. The van der Waals surface area contributed by atoms with Crippen LogP contribution in [0.5, 0.6) is 0 Å². The fourth-order valence-electron chi connectivity index (χ4n) is 2.38. The first-order chi connectivity index (χ1) is 12.9. The van der Waals surface area contributed by atoms with E-state index in [0.29, 0.717) is 11.0 Å². The fourth-order valence-corrected chi connectivity index (χ4v) is 3.07. The minimum atomic E-state index is -0.780. The summed E-state index contributed by atoms with van der Waals surface area (Å²) >= 11 is 1.32. The molecule has 2 rings (SSSR count). The van der Waals surface area contributed by atoms with Gasteiger partial charge >= 0.3 is 0 Å². The first-order valence-electron chi connectivity index (χ1n) is 9.05. The number of nitrogens with zero attached hydrogens (tertiary/aromatic N) is 2. The fraction of sp³-hybridized carbons (Fsp3) is 0.474. The largest absolute Gasteiger partial charge is 0.387 e. The van der Waals surface area contributed by atoms with E-state index in [1.807, 2.05) is 31.2 Å². The summed E-state index contributed by atoms with van der Waals surface area (Å²) in [6.07, 6.45) is 0.0762. The van der Waals surface area contributed by atoms with E-state index in [1.54, 1.807) is 0 Å². The number of aliphatic hydroxyl groups excluding tert-OH is 1. The van der Waals surface area contributed by atoms with Gasteiger partial charge in [0.1, 0.15) is 5.01 Å². The minimum absolute atomic E-state index is 0.0459. The van der Waals surface area contributed by atoms with Crippen molar-refractivity contribution in [3.63, 3.8) is 0 Å². The molecule has 8 heteroatoms. The number of carbonyl (C=O) groups excluding carboxylic acids is 2. The summed E-state index contributed by atoms with van der Waals surface area (Å²) in [4.78, 5) is 23.8. The first kappa shape index (κ1) is 21.0. The topological polar surface area (TPSA) is 104 Å². The standard InChI is InChI=1S/C19H26N4O3S/c1-4-18-22-23-19(27-18)21-17(26)10-9-16(25)20-11-15(24)14-7-5-13(6-8-14)12(2)3/h5-8,12,15,24H,4,9-11H2,1-3H3,(H,20,25)(H,21,23,26). The van der Waals surface area contributed by atoms with Gasteiger partial charge < -0.3 is 15.7 Å². The zero-order chi connectivity index (χ0) is 19.8. The van der Waals surface area contributed by atoms with Crippen molar-refractivity contribution in [1.82, 2.24) is 15.5 Å². The van der Waals surface area contributed by atoms with Crippen molar-refractivity contribution in [3.8, 4) is 0 Å². The molecular weight excluding hydrogens is 364 g/mol. The molecule has 27 heavy (non-hydrogen) atoms. The third-order valence-electron chi connectivity index (χ3n) is 4.08. The van der Waals surface area contributed by atoms with Gasteiger partial charge in [0.2, 0.25) is 16.9 Å². The Bertz CT molecular complexity index is 759. The monoisotopic (exact) mass is 390 g/mol. The molecule has 0 bridgehead atoms. The van der Waals surface area contributed by atoms with Crippen LogP contribution in [-0.4, -0.2) is 33.7 Å². The highest BCUT2D eigenvalue weighted by atomic mass is 32.1. The molecule has 7 nitrogen and oxygen atoms in total. The van der Waals surface area contributed by atoms with Crippen LogP contribution >= 0.6 is 11.3 Å². The van der Waals surface area contributed by atoms with Crippen LogP contribution in [0, 0.1) is 0 Å². The number of rotatable bonds is 9. The second kappa shape index (κ2) is 10.1. The highest BCUT2D eigenvalue weighted by Crippen LogP contribution is 2.18. The van der Waals surface area contributed by atoms with Crippen molar-refractivity contribution in [2.75, 3.05) is 11.9 Å². The number of aliphatic hydroxyl groups is 1. The number of aromatic nitrogens is 2. The number of carbonyl (C=O) groups is 2. The smallest absolute Gasteiger partial charge is 0.226 e. The molecule has 146 valence electrons. The van der Waals surface area contributed by atoms with Gasteiger partial charge in [-0.15, -0.1) is 10.2 Å². The van der Waals surface area contributed by atoms with E-state index in [1.165, 1.54) is 16.9 Å². The second-order valence-corrected chi connectivity index (χ2v) is 7.61. The van der Waals surface area contributed by atoms with E-state index >= 15 is 0 Å². The number of amides is 2. The van der Waals surface area contributed by atoms with E-state index in [2.05, 4.69) is 34.7 Å². The molecule has 1 unspecified atom stereocenters. The number of aryl methyl sites for hydroxylation is 1. The van der Waals surface area contributed by atoms with Gasteiger partial charge in [-0.1, -0.05) is 56.4 Å². The first-order valence-corrected chi connectivity index (χ1v) is 9.87. The number of hydrogen-bond donors (Lipinski definition) is 3. The normalized spacial score (nSPS) is 12.0. The maximum absolute atomic E-state index is 11.9. The lowest BCUT2D eigenvalue weighted by molar-refractivity contribution is -0.124. The summed E-state index contributed by atoms with van der Waals surface area (Å²) in [5.41, 5.74) is 1.95. The summed E-state index contributed by atoms with van der Waals surface area (Å²) in [5.74, 6) is -0.140. The van der Waals surface area contributed by atoms with Gasteiger partial charge in [-0.3, -0.25) is 9.59 Å². The van der Waals surface area contributed by atoms with Crippen molar-refractivity contribution in [1.29, 1.82) is 0 Å². The highest BCUT2D eigenvalue weighted by Gasteiger charge is 2.13. The van der Waals surface area contributed by atoms with Gasteiger partial charge in [-0.05, 0) is 23.5 Å². The molecule has 0 aliphatic heterocycles. The number of anilines is 1. The van der Waals surface area contributed by atoms with Crippen LogP contribution in [0.2, 0.25) is 0 Å². The maximum Gasteiger partial charge on any atom is 0.226 e. The van der Waals surface area contributed by atoms with Crippen LogP contribution < -0.4 is 10.6 Å². The Morgan fingerprint density at radius 3 is 2.30 bits per heavy atom. The summed E-state index contributed by atoms with van der Waals surface area (Å²) in [6.45, 7) is 6.28. The van der Waals surface area contributed by atoms with Gasteiger partial charge in [0.05, 0.1) is 6.10 Å². The lowest BCUT2D eigenvalue weighted by atomic mass is 10.00. The van der Waals surface area contributed by atoms with Crippen molar-refractivity contribution >= 4 is 28.3 Å². The van der Waals surface area contributed by atoms with Crippen LogP contribution in [0.1, 0.15) is 61.8 Å². The zero-order valence-electron chi connectivity index (χ0n) is 15.9. The molecule has 2 amide bonds. The van der Waals surface area contributed by atoms with Crippen molar-refractivity contribution in [2.45, 2.75) is 52.1 Å². The van der Waals surface area contributed by atoms with Crippen molar-refractivity contribution in [2.24, 2.45) is 0 Å². The third kappa shape index (κ3) is 6.73. The summed E-state index contributed by atoms with van der Waals surface area (Å²) in [5, 5.41) is 24.6. The molecule has 1 atom stereocenters. The average molecular weight is 391 g/mol. The van der Waals surface area contributed by atoms with Gasteiger partial charge in [-0.25, -0.2) is 0 Å².